The number of nitrogens with zero attached hydrogens (tertiary/aromatic N) is 1. The van der Waals surface area contributed by atoms with Gasteiger partial charge in [0.1, 0.15) is 5.75 Å². The number of hydrogen-bond donors (Lipinski definition) is 0. The van der Waals surface area contributed by atoms with E-state index in [0.29, 0.717) is 23.9 Å². The van der Waals surface area contributed by atoms with Crippen LogP contribution in [0.2, 0.25) is 5.02 Å². The lowest BCUT2D eigenvalue weighted by molar-refractivity contribution is 0.340. The Balaban J connectivity index is 1.88. The van der Waals surface area contributed by atoms with E-state index in [-0.39, 0.29) is 10.3 Å². The molecule has 24 heavy (non-hydrogen) atoms. The summed E-state index contributed by atoms with van der Waals surface area (Å²) >= 11 is 7.55. The predicted octanol–water partition coefficient (Wildman–Crippen LogP) is 4.18. The van der Waals surface area contributed by atoms with Gasteiger partial charge in [0.2, 0.25) is 10.0 Å². The van der Waals surface area contributed by atoms with Crippen molar-refractivity contribution in [3.05, 3.63) is 59.1 Å². The lowest BCUT2D eigenvalue weighted by Crippen LogP contribution is -2.30. The quantitative estimate of drug-likeness (QED) is 0.777. The SMILES string of the molecule is CCOc1ccc(S(=O)(=O)N2CCS[C@@H]2c2ccc(Cl)cc2)cc1. The third-order valence-electron chi connectivity index (χ3n) is 3.75. The first-order valence-electron chi connectivity index (χ1n) is 7.64. The molecule has 1 atom stereocenters. The van der Waals surface area contributed by atoms with Crippen molar-refractivity contribution in [1.82, 2.24) is 4.31 Å². The molecule has 0 radical (unpaired) electrons. The molecule has 3 rings (SSSR count). The monoisotopic (exact) mass is 383 g/mol. The van der Waals surface area contributed by atoms with Crippen molar-refractivity contribution in [2.75, 3.05) is 18.9 Å². The normalized spacial score (nSPS) is 18.7. The minimum absolute atomic E-state index is 0.223. The first-order valence-corrected chi connectivity index (χ1v) is 10.5. The maximum atomic E-state index is 13.0. The zero-order chi connectivity index (χ0) is 17.2. The van der Waals surface area contributed by atoms with E-state index < -0.39 is 10.0 Å². The molecular weight excluding hydrogens is 366 g/mol. The van der Waals surface area contributed by atoms with Crippen molar-refractivity contribution in [3.8, 4) is 5.75 Å². The van der Waals surface area contributed by atoms with Crippen molar-refractivity contribution in [2.24, 2.45) is 0 Å². The van der Waals surface area contributed by atoms with Gasteiger partial charge in [0.15, 0.2) is 0 Å². The molecule has 1 fully saturated rings. The van der Waals surface area contributed by atoms with E-state index in [0.717, 1.165) is 11.3 Å². The maximum Gasteiger partial charge on any atom is 0.244 e. The summed E-state index contributed by atoms with van der Waals surface area (Å²) in [7, 11) is -3.55. The first kappa shape index (κ1) is 17.6. The molecule has 1 heterocycles. The van der Waals surface area contributed by atoms with Gasteiger partial charge in [-0.2, -0.15) is 4.31 Å². The maximum absolute atomic E-state index is 13.0. The van der Waals surface area contributed by atoms with Crippen LogP contribution in [0.1, 0.15) is 17.9 Å². The molecule has 0 bridgehead atoms. The fourth-order valence-electron chi connectivity index (χ4n) is 2.60. The van der Waals surface area contributed by atoms with Gasteiger partial charge in [-0.1, -0.05) is 23.7 Å². The van der Waals surface area contributed by atoms with Gasteiger partial charge in [-0.05, 0) is 48.9 Å². The van der Waals surface area contributed by atoms with E-state index in [9.17, 15) is 8.42 Å². The molecule has 1 aliphatic rings. The van der Waals surface area contributed by atoms with Gasteiger partial charge in [-0.15, -0.1) is 11.8 Å². The van der Waals surface area contributed by atoms with Crippen LogP contribution >= 0.6 is 23.4 Å². The fraction of sp³-hybridized carbons (Fsp3) is 0.294. The summed E-state index contributed by atoms with van der Waals surface area (Å²) < 4.78 is 32.9. The van der Waals surface area contributed by atoms with E-state index in [1.165, 1.54) is 0 Å². The number of halogens is 1. The second-order valence-electron chi connectivity index (χ2n) is 5.29. The van der Waals surface area contributed by atoms with Crippen LogP contribution in [0, 0.1) is 0 Å². The molecule has 2 aromatic rings. The van der Waals surface area contributed by atoms with Crippen LogP contribution in [0.5, 0.6) is 5.75 Å². The number of sulfonamides is 1. The number of benzene rings is 2. The van der Waals surface area contributed by atoms with E-state index in [2.05, 4.69) is 0 Å². The molecule has 0 aliphatic carbocycles. The Morgan fingerprint density at radius 1 is 1.17 bits per heavy atom. The van der Waals surface area contributed by atoms with Gasteiger partial charge in [-0.25, -0.2) is 8.42 Å². The molecule has 1 saturated heterocycles. The van der Waals surface area contributed by atoms with Gasteiger partial charge >= 0.3 is 0 Å². The predicted molar refractivity (Wildman–Crippen MR) is 98.2 cm³/mol. The summed E-state index contributed by atoms with van der Waals surface area (Å²) in [4.78, 5) is 0.285. The van der Waals surface area contributed by atoms with Gasteiger partial charge in [0, 0.05) is 17.3 Å². The molecule has 0 amide bonds. The lowest BCUT2D eigenvalue weighted by atomic mass is 10.2. The molecular formula is C17H18ClNO3S2. The van der Waals surface area contributed by atoms with Crippen LogP contribution in [-0.2, 0) is 10.0 Å². The van der Waals surface area contributed by atoms with Crippen LogP contribution in [0.25, 0.3) is 0 Å². The third-order valence-corrected chi connectivity index (χ3v) is 7.27. The molecule has 0 N–H and O–H groups in total. The summed E-state index contributed by atoms with van der Waals surface area (Å²) in [5, 5.41) is 0.418. The minimum Gasteiger partial charge on any atom is -0.494 e. The van der Waals surface area contributed by atoms with Crippen LogP contribution in [0.4, 0.5) is 0 Å². The summed E-state index contributed by atoms with van der Waals surface area (Å²) in [5.74, 6) is 1.44. The smallest absolute Gasteiger partial charge is 0.244 e. The fourth-order valence-corrected chi connectivity index (χ4v) is 5.97. The van der Waals surface area contributed by atoms with E-state index in [1.54, 1.807) is 52.5 Å². The average molecular weight is 384 g/mol. The van der Waals surface area contributed by atoms with Gasteiger partial charge in [0.05, 0.1) is 16.9 Å². The van der Waals surface area contributed by atoms with Crippen LogP contribution in [0.15, 0.2) is 53.4 Å². The largest absolute Gasteiger partial charge is 0.494 e. The van der Waals surface area contributed by atoms with Crippen LogP contribution in [-0.4, -0.2) is 31.6 Å². The highest BCUT2D eigenvalue weighted by Crippen LogP contribution is 2.41. The number of ether oxygens (including phenoxy) is 1. The molecule has 0 saturated carbocycles. The third kappa shape index (κ3) is 3.57. The summed E-state index contributed by atoms with van der Waals surface area (Å²) in [6, 6.07) is 13.9. The van der Waals surface area contributed by atoms with E-state index >= 15 is 0 Å². The molecule has 7 heteroatoms. The molecule has 0 unspecified atom stereocenters. The van der Waals surface area contributed by atoms with E-state index in [1.807, 2.05) is 19.1 Å². The Kier molecular flexibility index (Phi) is 5.39. The minimum atomic E-state index is -3.55. The highest BCUT2D eigenvalue weighted by molar-refractivity contribution is 8.01. The van der Waals surface area contributed by atoms with Crippen LogP contribution < -0.4 is 4.74 Å². The van der Waals surface area contributed by atoms with Crippen molar-refractivity contribution in [3.63, 3.8) is 0 Å². The van der Waals surface area contributed by atoms with Crippen molar-refractivity contribution in [1.29, 1.82) is 0 Å². The molecule has 0 spiro atoms. The topological polar surface area (TPSA) is 46.6 Å². The lowest BCUT2D eigenvalue weighted by Gasteiger charge is -2.23. The number of thioether (sulfide) groups is 1. The Morgan fingerprint density at radius 3 is 2.46 bits per heavy atom. The highest BCUT2D eigenvalue weighted by atomic mass is 35.5. The van der Waals surface area contributed by atoms with E-state index in [4.69, 9.17) is 16.3 Å². The Bertz CT molecular complexity index is 792. The van der Waals surface area contributed by atoms with Gasteiger partial charge in [-0.3, -0.25) is 0 Å². The average Bonchev–Trinajstić information content (AvgIpc) is 3.07. The number of rotatable bonds is 5. The highest BCUT2D eigenvalue weighted by Gasteiger charge is 2.36. The Hall–Kier alpha value is -1.21. The molecule has 128 valence electrons. The van der Waals surface area contributed by atoms with Crippen molar-refractivity contribution < 1.29 is 13.2 Å². The standard InChI is InChI=1S/C17H18ClNO3S2/c1-2-22-15-7-9-16(10-8-15)24(20,21)19-11-12-23-17(19)13-3-5-14(18)6-4-13/h3-10,17H,2,11-12H2,1H3/t17-/m1/s1. The number of hydrogen-bond acceptors (Lipinski definition) is 4. The van der Waals surface area contributed by atoms with Crippen molar-refractivity contribution in [2.45, 2.75) is 17.2 Å². The Labute approximate surface area is 151 Å². The zero-order valence-corrected chi connectivity index (χ0v) is 15.6. The second kappa shape index (κ2) is 7.35. The van der Waals surface area contributed by atoms with Gasteiger partial charge in [0.25, 0.3) is 0 Å². The molecule has 1 aliphatic heterocycles. The second-order valence-corrected chi connectivity index (χ2v) is 8.81. The van der Waals surface area contributed by atoms with Gasteiger partial charge < -0.3 is 4.74 Å². The summed E-state index contributed by atoms with van der Waals surface area (Å²) in [5.41, 5.74) is 0.941. The van der Waals surface area contributed by atoms with Crippen LogP contribution in [0.3, 0.4) is 0 Å². The van der Waals surface area contributed by atoms with Crippen molar-refractivity contribution >= 4 is 33.4 Å². The first-order chi connectivity index (χ1) is 11.5. The summed E-state index contributed by atoms with van der Waals surface area (Å²) in [6.45, 7) is 2.93. The summed E-state index contributed by atoms with van der Waals surface area (Å²) in [6.07, 6.45) is 0. The molecule has 0 aromatic heterocycles. The molecule has 4 nitrogen and oxygen atoms in total. The Morgan fingerprint density at radius 2 is 1.83 bits per heavy atom. The molecule has 2 aromatic carbocycles. The zero-order valence-electron chi connectivity index (χ0n) is 13.2.